The van der Waals surface area contributed by atoms with E-state index >= 15 is 0 Å². The van der Waals surface area contributed by atoms with Crippen LogP contribution >= 0.6 is 43.5 Å². The SMILES string of the molecule is O=C1COc2ccc(C(Br)c3ccc(Br)cc3Cl)cc2N1. The molecule has 0 spiro atoms. The Balaban J connectivity index is 1.96. The highest BCUT2D eigenvalue weighted by atomic mass is 79.9. The Labute approximate surface area is 143 Å². The van der Waals surface area contributed by atoms with Crippen LogP contribution in [0.1, 0.15) is 16.0 Å². The lowest BCUT2D eigenvalue weighted by Gasteiger charge is -2.20. The Morgan fingerprint density at radius 1 is 1.24 bits per heavy atom. The Hall–Kier alpha value is -1.04. The number of hydrogen-bond acceptors (Lipinski definition) is 2. The first-order chi connectivity index (χ1) is 10.0. The van der Waals surface area contributed by atoms with Crippen molar-refractivity contribution in [3.8, 4) is 5.75 Å². The minimum Gasteiger partial charge on any atom is -0.482 e. The zero-order valence-corrected chi connectivity index (χ0v) is 14.6. The number of amides is 1. The molecule has 2 aromatic rings. The van der Waals surface area contributed by atoms with Crippen molar-refractivity contribution in [2.75, 3.05) is 11.9 Å². The maximum atomic E-state index is 11.4. The van der Waals surface area contributed by atoms with Crippen LogP contribution in [0.4, 0.5) is 5.69 Å². The molecule has 1 unspecified atom stereocenters. The van der Waals surface area contributed by atoms with Crippen molar-refractivity contribution in [2.45, 2.75) is 4.83 Å². The van der Waals surface area contributed by atoms with Gasteiger partial charge in [-0.05, 0) is 35.4 Å². The number of fused-ring (bicyclic) bond motifs is 1. The fourth-order valence-corrected chi connectivity index (χ4v) is 3.74. The zero-order valence-electron chi connectivity index (χ0n) is 10.7. The molecule has 1 aliphatic heterocycles. The summed E-state index contributed by atoms with van der Waals surface area (Å²) < 4.78 is 6.29. The van der Waals surface area contributed by atoms with E-state index < -0.39 is 0 Å². The minimum absolute atomic E-state index is 0.0582. The summed E-state index contributed by atoms with van der Waals surface area (Å²) in [6.45, 7) is 0.0582. The molecule has 3 rings (SSSR count). The average Bonchev–Trinajstić information content (AvgIpc) is 2.46. The van der Waals surface area contributed by atoms with E-state index in [2.05, 4.69) is 37.2 Å². The Kier molecular flexibility index (Phi) is 4.24. The number of anilines is 1. The van der Waals surface area contributed by atoms with Gasteiger partial charge in [0.2, 0.25) is 0 Å². The van der Waals surface area contributed by atoms with E-state index in [0.717, 1.165) is 15.6 Å². The van der Waals surface area contributed by atoms with E-state index in [1.165, 1.54) is 0 Å². The molecule has 2 aromatic carbocycles. The molecule has 0 bridgehead atoms. The van der Waals surface area contributed by atoms with Crippen LogP contribution in [0, 0.1) is 0 Å². The molecule has 0 radical (unpaired) electrons. The summed E-state index contributed by atoms with van der Waals surface area (Å²) in [6, 6.07) is 11.5. The first-order valence-corrected chi connectivity index (χ1v) is 8.29. The molecule has 0 fully saturated rings. The summed E-state index contributed by atoms with van der Waals surface area (Å²) in [7, 11) is 0. The number of ether oxygens (including phenoxy) is 1. The van der Waals surface area contributed by atoms with E-state index in [0.29, 0.717) is 16.5 Å². The van der Waals surface area contributed by atoms with Gasteiger partial charge in [-0.3, -0.25) is 4.79 Å². The van der Waals surface area contributed by atoms with Crippen LogP contribution in [0.15, 0.2) is 40.9 Å². The third-order valence-corrected chi connectivity index (χ3v) is 5.01. The number of carbonyl (C=O) groups is 1. The second-order valence-corrected chi connectivity index (χ2v) is 6.86. The second kappa shape index (κ2) is 5.99. The van der Waals surface area contributed by atoms with Crippen LogP contribution in [0.3, 0.4) is 0 Å². The van der Waals surface area contributed by atoms with E-state index in [1.54, 1.807) is 0 Å². The summed E-state index contributed by atoms with van der Waals surface area (Å²) in [5.41, 5.74) is 2.63. The smallest absolute Gasteiger partial charge is 0.262 e. The summed E-state index contributed by atoms with van der Waals surface area (Å²) in [5, 5.41) is 3.48. The van der Waals surface area contributed by atoms with Gasteiger partial charge in [-0.1, -0.05) is 55.6 Å². The first-order valence-electron chi connectivity index (χ1n) is 6.20. The van der Waals surface area contributed by atoms with Gasteiger partial charge < -0.3 is 10.1 Å². The fraction of sp³-hybridized carbons (Fsp3) is 0.133. The summed E-state index contributed by atoms with van der Waals surface area (Å²) >= 11 is 13.3. The van der Waals surface area contributed by atoms with Crippen LogP contribution in [0.2, 0.25) is 5.02 Å². The third kappa shape index (κ3) is 3.10. The molecule has 1 heterocycles. The van der Waals surface area contributed by atoms with Crippen molar-refractivity contribution in [2.24, 2.45) is 0 Å². The van der Waals surface area contributed by atoms with E-state index in [1.807, 2.05) is 36.4 Å². The third-order valence-electron chi connectivity index (χ3n) is 3.16. The standard InChI is InChI=1S/C15H10Br2ClNO2/c16-9-2-3-10(11(18)6-9)15(17)8-1-4-13-12(5-8)19-14(20)7-21-13/h1-6,15H,7H2,(H,19,20). The number of halogens is 3. The molecule has 0 aromatic heterocycles. The second-order valence-electron chi connectivity index (χ2n) is 4.62. The van der Waals surface area contributed by atoms with Gasteiger partial charge in [0.15, 0.2) is 6.61 Å². The number of carbonyl (C=O) groups excluding carboxylic acids is 1. The van der Waals surface area contributed by atoms with Crippen molar-refractivity contribution in [3.05, 3.63) is 57.0 Å². The molecule has 3 nitrogen and oxygen atoms in total. The van der Waals surface area contributed by atoms with Crippen molar-refractivity contribution >= 4 is 55.1 Å². The predicted octanol–water partition coefficient (Wildman–Crippen LogP) is 4.92. The summed E-state index contributed by atoms with van der Waals surface area (Å²) in [5.74, 6) is 0.535. The van der Waals surface area contributed by atoms with Crippen molar-refractivity contribution in [1.29, 1.82) is 0 Å². The van der Waals surface area contributed by atoms with Crippen LogP contribution in [-0.2, 0) is 4.79 Å². The number of hydrogen-bond donors (Lipinski definition) is 1. The normalized spacial score (nSPS) is 14.9. The first kappa shape index (κ1) is 14.9. The van der Waals surface area contributed by atoms with Crippen molar-refractivity contribution in [1.82, 2.24) is 0 Å². The van der Waals surface area contributed by atoms with E-state index in [9.17, 15) is 4.79 Å². The highest BCUT2D eigenvalue weighted by molar-refractivity contribution is 9.10. The molecule has 0 saturated heterocycles. The molecule has 108 valence electrons. The molecular weight excluding hydrogens is 421 g/mol. The highest BCUT2D eigenvalue weighted by Gasteiger charge is 2.19. The quantitative estimate of drug-likeness (QED) is 0.686. The maximum Gasteiger partial charge on any atom is 0.262 e. The number of nitrogens with one attached hydrogen (secondary N) is 1. The maximum absolute atomic E-state index is 11.4. The minimum atomic E-state index is -0.146. The molecule has 0 aliphatic carbocycles. The average molecular weight is 432 g/mol. The Bertz CT molecular complexity index is 721. The van der Waals surface area contributed by atoms with Crippen LogP contribution in [0.5, 0.6) is 5.75 Å². The molecule has 1 aliphatic rings. The molecule has 1 N–H and O–H groups in total. The largest absolute Gasteiger partial charge is 0.482 e. The van der Waals surface area contributed by atoms with Crippen molar-refractivity contribution < 1.29 is 9.53 Å². The van der Waals surface area contributed by atoms with Crippen LogP contribution in [-0.4, -0.2) is 12.5 Å². The van der Waals surface area contributed by atoms with Crippen LogP contribution in [0.25, 0.3) is 0 Å². The number of alkyl halides is 1. The van der Waals surface area contributed by atoms with E-state index in [-0.39, 0.29) is 17.3 Å². The molecule has 6 heteroatoms. The summed E-state index contributed by atoms with van der Waals surface area (Å²) in [6.07, 6.45) is 0. The number of benzene rings is 2. The van der Waals surface area contributed by atoms with Gasteiger partial charge in [0.05, 0.1) is 10.5 Å². The zero-order chi connectivity index (χ0) is 15.0. The van der Waals surface area contributed by atoms with Crippen molar-refractivity contribution in [3.63, 3.8) is 0 Å². The van der Waals surface area contributed by atoms with Gasteiger partial charge in [-0.15, -0.1) is 0 Å². The lowest BCUT2D eigenvalue weighted by molar-refractivity contribution is -0.118. The molecule has 21 heavy (non-hydrogen) atoms. The van der Waals surface area contributed by atoms with Gasteiger partial charge in [0.25, 0.3) is 5.91 Å². The summed E-state index contributed by atoms with van der Waals surface area (Å²) in [4.78, 5) is 11.3. The topological polar surface area (TPSA) is 38.3 Å². The lowest BCUT2D eigenvalue weighted by atomic mass is 10.0. The molecule has 0 saturated carbocycles. The molecule has 1 atom stereocenters. The Morgan fingerprint density at radius 2 is 2.05 bits per heavy atom. The van der Waals surface area contributed by atoms with Gasteiger partial charge in [0.1, 0.15) is 5.75 Å². The van der Waals surface area contributed by atoms with E-state index in [4.69, 9.17) is 16.3 Å². The fourth-order valence-electron chi connectivity index (χ4n) is 2.14. The molecular formula is C15H10Br2ClNO2. The monoisotopic (exact) mass is 429 g/mol. The van der Waals surface area contributed by atoms with Gasteiger partial charge in [-0.25, -0.2) is 0 Å². The van der Waals surface area contributed by atoms with Gasteiger partial charge in [0, 0.05) is 9.50 Å². The van der Waals surface area contributed by atoms with Gasteiger partial charge in [-0.2, -0.15) is 0 Å². The van der Waals surface area contributed by atoms with Gasteiger partial charge >= 0.3 is 0 Å². The highest BCUT2D eigenvalue weighted by Crippen LogP contribution is 2.39. The molecule has 1 amide bonds. The predicted molar refractivity (Wildman–Crippen MR) is 90.5 cm³/mol. The van der Waals surface area contributed by atoms with Crippen LogP contribution < -0.4 is 10.1 Å². The number of rotatable bonds is 2. The Morgan fingerprint density at radius 3 is 2.81 bits per heavy atom. The lowest BCUT2D eigenvalue weighted by Crippen LogP contribution is -2.25.